The van der Waals surface area contributed by atoms with E-state index in [1.165, 1.54) is 16.4 Å². The third-order valence-corrected chi connectivity index (χ3v) is 10.8. The van der Waals surface area contributed by atoms with Crippen LogP contribution in [0, 0.1) is 6.92 Å². The van der Waals surface area contributed by atoms with Gasteiger partial charge in [0.1, 0.15) is 21.0 Å². The van der Waals surface area contributed by atoms with Crippen molar-refractivity contribution >= 4 is 37.4 Å². The Morgan fingerprint density at radius 1 is 1.22 bits per heavy atom. The van der Waals surface area contributed by atoms with E-state index < -0.39 is 31.9 Å². The highest BCUT2D eigenvalue weighted by Gasteiger charge is 2.34. The Hall–Kier alpha value is -2.77. The molecule has 3 aromatic rings. The Balaban J connectivity index is 1.73. The zero-order chi connectivity index (χ0) is 27.0. The number of carbonyl (C=O) groups is 1. The highest BCUT2D eigenvalue weighted by atomic mass is 32.2. The van der Waals surface area contributed by atoms with Crippen molar-refractivity contribution < 1.29 is 31.5 Å². The maximum Gasteiger partial charge on any atom is 0.304 e. The molecule has 0 radical (unpaired) electrons. The van der Waals surface area contributed by atoms with Gasteiger partial charge in [-0.05, 0) is 54.3 Å². The Kier molecular flexibility index (Phi) is 7.77. The van der Waals surface area contributed by atoms with Crippen molar-refractivity contribution in [1.82, 2.24) is 4.31 Å². The fraction of sp³-hybridized carbons (Fsp3) is 0.320. The van der Waals surface area contributed by atoms with Crippen LogP contribution in [-0.4, -0.2) is 44.9 Å². The smallest absolute Gasteiger partial charge is 0.304 e. The molecule has 9 nitrogen and oxygen atoms in total. The average molecular weight is 565 g/mol. The molecule has 0 saturated heterocycles. The fourth-order valence-electron chi connectivity index (χ4n) is 4.30. The van der Waals surface area contributed by atoms with Gasteiger partial charge in [0.05, 0.1) is 13.0 Å². The van der Waals surface area contributed by atoms with Gasteiger partial charge < -0.3 is 9.84 Å². The van der Waals surface area contributed by atoms with Gasteiger partial charge in [-0.25, -0.2) is 22.0 Å². The molecule has 0 fully saturated rings. The number of thiophene rings is 1. The number of hydrogen-bond acceptors (Lipinski definition) is 7. The number of carboxylic acids is 1. The molecule has 0 amide bonds. The molecule has 2 heterocycles. The number of primary sulfonamides is 1. The highest BCUT2D eigenvalue weighted by molar-refractivity contribution is 7.91. The summed E-state index contributed by atoms with van der Waals surface area (Å²) < 4.78 is 58.1. The van der Waals surface area contributed by atoms with Gasteiger partial charge in [-0.3, -0.25) is 4.79 Å². The maximum atomic E-state index is 13.6. The van der Waals surface area contributed by atoms with Gasteiger partial charge in [0.15, 0.2) is 0 Å². The number of nitrogens with two attached hydrogens (primary N) is 1. The number of rotatable bonds is 8. The molecular formula is C25H28N2O7S3. The van der Waals surface area contributed by atoms with E-state index in [2.05, 4.69) is 0 Å². The topological polar surface area (TPSA) is 144 Å². The van der Waals surface area contributed by atoms with Gasteiger partial charge >= 0.3 is 5.97 Å². The minimum Gasteiger partial charge on any atom is -0.488 e. The lowest BCUT2D eigenvalue weighted by molar-refractivity contribution is -0.137. The Morgan fingerprint density at radius 3 is 2.59 bits per heavy atom. The number of aryl methyl sites for hydroxylation is 1. The minimum absolute atomic E-state index is 0.0508. The molecule has 3 N–H and O–H groups in total. The first kappa shape index (κ1) is 27.3. The summed E-state index contributed by atoms with van der Waals surface area (Å²) in [5.74, 6) is -1.36. The molecule has 1 unspecified atom stereocenters. The van der Waals surface area contributed by atoms with E-state index in [-0.39, 0.29) is 34.7 Å². The van der Waals surface area contributed by atoms with Crippen molar-refractivity contribution in [1.29, 1.82) is 0 Å². The van der Waals surface area contributed by atoms with Gasteiger partial charge in [0, 0.05) is 17.3 Å². The van der Waals surface area contributed by atoms with E-state index >= 15 is 0 Å². The lowest BCUT2D eigenvalue weighted by Gasteiger charge is -2.24. The quantitative estimate of drug-likeness (QED) is 0.425. The van der Waals surface area contributed by atoms with Crippen LogP contribution in [0.5, 0.6) is 5.75 Å². The zero-order valence-corrected chi connectivity index (χ0v) is 22.8. The van der Waals surface area contributed by atoms with Crippen LogP contribution in [0.3, 0.4) is 0 Å². The number of benzene rings is 2. The largest absolute Gasteiger partial charge is 0.488 e. The van der Waals surface area contributed by atoms with Gasteiger partial charge in [0.2, 0.25) is 20.0 Å². The third kappa shape index (κ3) is 5.88. The van der Waals surface area contributed by atoms with Crippen LogP contribution in [0.2, 0.25) is 0 Å². The van der Waals surface area contributed by atoms with Crippen molar-refractivity contribution in [3.05, 3.63) is 76.2 Å². The number of sulfonamides is 2. The molecule has 1 aliphatic heterocycles. The average Bonchev–Trinajstić information content (AvgIpc) is 3.30. The molecule has 1 aliphatic rings. The molecule has 0 aliphatic carbocycles. The van der Waals surface area contributed by atoms with E-state index in [1.54, 1.807) is 36.4 Å². The summed E-state index contributed by atoms with van der Waals surface area (Å²) in [5, 5.41) is 14.8. The lowest BCUT2D eigenvalue weighted by Crippen LogP contribution is -2.36. The van der Waals surface area contributed by atoms with E-state index in [1.807, 2.05) is 19.9 Å². The fourth-order valence-corrected chi connectivity index (χ4v) is 7.75. The number of nitrogens with zero attached hydrogens (tertiary/aromatic N) is 1. The van der Waals surface area contributed by atoms with Crippen molar-refractivity contribution in [3.8, 4) is 5.75 Å². The first-order valence-corrected chi connectivity index (χ1v) is 15.4. The van der Waals surface area contributed by atoms with E-state index in [4.69, 9.17) is 9.88 Å². The van der Waals surface area contributed by atoms with Crippen LogP contribution in [0.1, 0.15) is 47.3 Å². The molecule has 198 valence electrons. The molecule has 4 rings (SSSR count). The number of ether oxygens (including phenoxy) is 1. The SMILES string of the molecule is CC[C@@H]1CN(Cc2cc(C(CC(=O)O)c3ccc(S(N)(=O)=O)s3)ccc2C)S(=O)(=O)c2ccccc2O1. The highest BCUT2D eigenvalue weighted by Crippen LogP contribution is 2.37. The van der Waals surface area contributed by atoms with Crippen LogP contribution in [0.25, 0.3) is 0 Å². The first-order valence-electron chi connectivity index (χ1n) is 11.6. The number of aliphatic carboxylic acids is 1. The third-order valence-electron chi connectivity index (χ3n) is 6.35. The second-order valence-electron chi connectivity index (χ2n) is 8.93. The van der Waals surface area contributed by atoms with Crippen LogP contribution in [0.4, 0.5) is 0 Å². The normalized spacial score (nSPS) is 18.4. The molecule has 2 atom stereocenters. The number of carboxylic acid groups (broad SMARTS) is 1. The van der Waals surface area contributed by atoms with Gasteiger partial charge in [-0.1, -0.05) is 37.3 Å². The molecule has 0 bridgehead atoms. The predicted octanol–water partition coefficient (Wildman–Crippen LogP) is 3.67. The summed E-state index contributed by atoms with van der Waals surface area (Å²) in [6.45, 7) is 4.03. The summed E-state index contributed by atoms with van der Waals surface area (Å²) in [7, 11) is -7.78. The summed E-state index contributed by atoms with van der Waals surface area (Å²) in [4.78, 5) is 12.3. The number of para-hydroxylation sites is 1. The van der Waals surface area contributed by atoms with Gasteiger partial charge in [-0.15, -0.1) is 11.3 Å². The molecule has 1 aromatic heterocycles. The van der Waals surface area contributed by atoms with Crippen LogP contribution in [0.15, 0.2) is 63.7 Å². The van der Waals surface area contributed by atoms with Crippen LogP contribution < -0.4 is 9.88 Å². The number of hydrogen-bond donors (Lipinski definition) is 2. The molecule has 2 aromatic carbocycles. The predicted molar refractivity (Wildman–Crippen MR) is 140 cm³/mol. The van der Waals surface area contributed by atoms with Crippen LogP contribution >= 0.6 is 11.3 Å². The number of fused-ring (bicyclic) bond motifs is 1. The Labute approximate surface area is 220 Å². The van der Waals surface area contributed by atoms with Crippen molar-refractivity contribution in [2.75, 3.05) is 6.54 Å². The summed E-state index contributed by atoms with van der Waals surface area (Å²) >= 11 is 0.929. The molecule has 0 spiro atoms. The van der Waals surface area contributed by atoms with Crippen molar-refractivity contribution in [2.45, 2.75) is 54.4 Å². The summed E-state index contributed by atoms with van der Waals surface area (Å²) in [5.41, 5.74) is 2.20. The van der Waals surface area contributed by atoms with Crippen molar-refractivity contribution in [3.63, 3.8) is 0 Å². The van der Waals surface area contributed by atoms with Crippen LogP contribution in [-0.2, 0) is 31.4 Å². The van der Waals surface area contributed by atoms with Gasteiger partial charge in [0.25, 0.3) is 0 Å². The Bertz CT molecular complexity index is 1530. The summed E-state index contributed by atoms with van der Waals surface area (Å²) in [6, 6.07) is 14.9. The molecular weight excluding hydrogens is 536 g/mol. The standard InChI is InChI=1S/C25H28N2O7S3/c1-3-19-15-27(37(32,33)23-7-5-4-6-21(23)34-19)14-18-12-17(9-8-16(18)2)20(13-24(28)29)22-10-11-25(35-22)36(26,30)31/h4-12,19-20H,3,13-15H2,1-2H3,(H,28,29)(H2,26,30,31)/t19-,20?/m1/s1. The first-order chi connectivity index (χ1) is 17.4. The molecule has 37 heavy (non-hydrogen) atoms. The summed E-state index contributed by atoms with van der Waals surface area (Å²) in [6.07, 6.45) is 0.0170. The molecule has 0 saturated carbocycles. The molecule has 12 heteroatoms. The van der Waals surface area contributed by atoms with Gasteiger partial charge in [-0.2, -0.15) is 4.31 Å². The van der Waals surface area contributed by atoms with E-state index in [9.17, 15) is 26.7 Å². The minimum atomic E-state index is -3.92. The second-order valence-corrected chi connectivity index (χ2v) is 13.7. The monoisotopic (exact) mass is 564 g/mol. The maximum absolute atomic E-state index is 13.6. The van der Waals surface area contributed by atoms with E-state index in [0.29, 0.717) is 28.2 Å². The second kappa shape index (κ2) is 10.5. The Morgan fingerprint density at radius 2 is 1.95 bits per heavy atom. The lowest BCUT2D eigenvalue weighted by atomic mass is 9.91. The van der Waals surface area contributed by atoms with Crippen molar-refractivity contribution in [2.24, 2.45) is 5.14 Å². The van der Waals surface area contributed by atoms with E-state index in [0.717, 1.165) is 16.9 Å². The zero-order valence-electron chi connectivity index (χ0n) is 20.3.